The fraction of sp³-hybridized carbons (Fsp3) is 0.304. The van der Waals surface area contributed by atoms with E-state index >= 15 is 0 Å². The minimum absolute atomic E-state index is 0.375. The van der Waals surface area contributed by atoms with Crippen LogP contribution in [-0.2, 0) is 26.0 Å². The summed E-state index contributed by atoms with van der Waals surface area (Å²) >= 11 is 0. The number of halogens is 3. The number of aliphatic carboxylic acids is 1. The number of nitrogens with two attached hydrogens (primary N) is 1. The summed E-state index contributed by atoms with van der Waals surface area (Å²) in [6.07, 6.45) is -5.60. The van der Waals surface area contributed by atoms with E-state index in [1.165, 1.54) is 0 Å². The molecule has 0 saturated heterocycles. The molecule has 3 rings (SSSR count). The van der Waals surface area contributed by atoms with Gasteiger partial charge in [-0.15, -0.1) is 0 Å². The first kappa shape index (κ1) is 23.2. The summed E-state index contributed by atoms with van der Waals surface area (Å²) < 4.78 is 41.8. The Labute approximate surface area is 181 Å². The van der Waals surface area contributed by atoms with Crippen LogP contribution in [0.4, 0.5) is 13.2 Å². The van der Waals surface area contributed by atoms with Crippen LogP contribution in [0.1, 0.15) is 53.2 Å². The van der Waals surface area contributed by atoms with Crippen LogP contribution >= 0.6 is 0 Å². The predicted molar refractivity (Wildman–Crippen MR) is 107 cm³/mol. The van der Waals surface area contributed by atoms with E-state index in [4.69, 9.17) is 5.73 Å². The molecule has 1 aliphatic rings. The molecule has 0 spiro atoms. The molecule has 0 aromatic heterocycles. The maximum atomic E-state index is 13.9. The van der Waals surface area contributed by atoms with Crippen molar-refractivity contribution in [2.45, 2.75) is 37.8 Å². The molecule has 0 radical (unpaired) electrons. The average molecular weight is 447 g/mol. The minimum Gasteiger partial charge on any atom is -0.480 e. The number of ketones is 2. The number of carbonyl (C=O) groups is 4. The third-order valence-electron chi connectivity index (χ3n) is 5.91. The van der Waals surface area contributed by atoms with Crippen LogP contribution in [0.25, 0.3) is 0 Å². The number of benzene rings is 2. The molecule has 0 heterocycles. The zero-order chi connectivity index (χ0) is 24.1. The highest BCUT2D eigenvalue weighted by Crippen LogP contribution is 2.52. The highest BCUT2D eigenvalue weighted by molar-refractivity contribution is 6.31. The van der Waals surface area contributed by atoms with Crippen molar-refractivity contribution in [3.63, 3.8) is 0 Å². The molecule has 1 saturated carbocycles. The van der Waals surface area contributed by atoms with Gasteiger partial charge in [-0.3, -0.25) is 19.2 Å². The number of hydrogen-bond acceptors (Lipinski definition) is 4. The first-order valence-corrected chi connectivity index (χ1v) is 9.62. The molecule has 9 heteroatoms. The van der Waals surface area contributed by atoms with Gasteiger partial charge >= 0.3 is 12.1 Å². The molecule has 168 valence electrons. The van der Waals surface area contributed by atoms with Crippen molar-refractivity contribution in [1.82, 2.24) is 0 Å². The smallest absolute Gasteiger partial charge is 0.416 e. The Morgan fingerprint density at radius 2 is 1.66 bits per heavy atom. The summed E-state index contributed by atoms with van der Waals surface area (Å²) in [5.74, 6) is -6.63. The largest absolute Gasteiger partial charge is 0.480 e. The standard InChI is InChI=1S/C23H20F3NO5/c1-21(2)11-16(28)22(20(31)32,18(29)17(21)12-6-4-3-5-7-12)14-9-8-13(19(27)30)10-15(14)23(24,25)26/h3-10,17H,11H2,1-2H3,(H2,27,30)(H,31,32). The number of rotatable bonds is 4. The minimum atomic E-state index is -5.15. The topological polar surface area (TPSA) is 115 Å². The summed E-state index contributed by atoms with van der Waals surface area (Å²) in [4.78, 5) is 50.9. The van der Waals surface area contributed by atoms with E-state index in [2.05, 4.69) is 0 Å². The Morgan fingerprint density at radius 1 is 1.06 bits per heavy atom. The molecule has 2 atom stereocenters. The van der Waals surface area contributed by atoms with E-state index < -0.39 is 69.5 Å². The van der Waals surface area contributed by atoms with Gasteiger partial charge in [0.15, 0.2) is 11.6 Å². The summed E-state index contributed by atoms with van der Waals surface area (Å²) in [6, 6.07) is 9.97. The van der Waals surface area contributed by atoms with Gasteiger partial charge in [-0.25, -0.2) is 0 Å². The van der Waals surface area contributed by atoms with E-state index in [-0.39, 0.29) is 0 Å². The molecule has 6 nitrogen and oxygen atoms in total. The van der Waals surface area contributed by atoms with Crippen molar-refractivity contribution in [3.05, 3.63) is 70.8 Å². The molecule has 2 unspecified atom stereocenters. The molecular weight excluding hydrogens is 427 g/mol. The Kier molecular flexibility index (Phi) is 5.49. The third-order valence-corrected chi connectivity index (χ3v) is 5.91. The quantitative estimate of drug-likeness (QED) is 0.697. The number of carboxylic acids is 1. The summed E-state index contributed by atoms with van der Waals surface area (Å²) in [5, 5.41) is 10.1. The Balaban J connectivity index is 2.38. The molecule has 32 heavy (non-hydrogen) atoms. The fourth-order valence-corrected chi connectivity index (χ4v) is 4.49. The molecule has 0 bridgehead atoms. The first-order chi connectivity index (χ1) is 14.7. The van der Waals surface area contributed by atoms with Crippen molar-refractivity contribution in [2.75, 3.05) is 0 Å². The maximum Gasteiger partial charge on any atom is 0.416 e. The van der Waals surface area contributed by atoms with Crippen LogP contribution in [-0.4, -0.2) is 28.5 Å². The number of carbonyl (C=O) groups excluding carboxylic acids is 3. The number of Topliss-reactive ketones (excluding diaryl/α,β-unsaturated/α-hetero) is 2. The molecular formula is C23H20F3NO5. The highest BCUT2D eigenvalue weighted by atomic mass is 19.4. The van der Waals surface area contributed by atoms with Gasteiger partial charge in [-0.2, -0.15) is 13.2 Å². The van der Waals surface area contributed by atoms with Crippen LogP contribution in [0.3, 0.4) is 0 Å². The number of carboxylic acid groups (broad SMARTS) is 1. The molecule has 2 aromatic carbocycles. The van der Waals surface area contributed by atoms with E-state index in [9.17, 15) is 37.5 Å². The van der Waals surface area contributed by atoms with Crippen molar-refractivity contribution in [2.24, 2.45) is 11.1 Å². The van der Waals surface area contributed by atoms with Crippen LogP contribution in [0.5, 0.6) is 0 Å². The van der Waals surface area contributed by atoms with Gasteiger partial charge < -0.3 is 10.8 Å². The second-order valence-electron chi connectivity index (χ2n) is 8.47. The summed E-state index contributed by atoms with van der Waals surface area (Å²) in [7, 11) is 0. The van der Waals surface area contributed by atoms with Gasteiger partial charge in [0.2, 0.25) is 11.3 Å². The summed E-state index contributed by atoms with van der Waals surface area (Å²) in [6.45, 7) is 3.18. The maximum absolute atomic E-state index is 13.9. The first-order valence-electron chi connectivity index (χ1n) is 9.62. The second kappa shape index (κ2) is 7.58. The van der Waals surface area contributed by atoms with E-state index in [1.807, 2.05) is 0 Å². The van der Waals surface area contributed by atoms with E-state index in [0.717, 1.165) is 6.07 Å². The van der Waals surface area contributed by atoms with Crippen LogP contribution in [0.2, 0.25) is 0 Å². The zero-order valence-electron chi connectivity index (χ0n) is 17.2. The zero-order valence-corrected chi connectivity index (χ0v) is 17.2. The van der Waals surface area contributed by atoms with E-state index in [1.54, 1.807) is 44.2 Å². The van der Waals surface area contributed by atoms with Gasteiger partial charge in [0.25, 0.3) is 0 Å². The highest BCUT2D eigenvalue weighted by Gasteiger charge is 2.64. The monoisotopic (exact) mass is 447 g/mol. The average Bonchev–Trinajstić information content (AvgIpc) is 2.67. The normalized spacial score (nSPS) is 23.1. The van der Waals surface area contributed by atoms with E-state index in [0.29, 0.717) is 17.7 Å². The molecule has 0 aliphatic heterocycles. The Morgan fingerprint density at radius 3 is 2.16 bits per heavy atom. The Hall–Kier alpha value is -3.49. The lowest BCUT2D eigenvalue weighted by molar-refractivity contribution is -0.159. The van der Waals surface area contributed by atoms with Crippen LogP contribution in [0, 0.1) is 5.41 Å². The molecule has 2 aromatic rings. The van der Waals surface area contributed by atoms with Gasteiger partial charge in [-0.05, 0) is 28.7 Å². The lowest BCUT2D eigenvalue weighted by Gasteiger charge is -2.45. The third kappa shape index (κ3) is 3.47. The fourth-order valence-electron chi connectivity index (χ4n) is 4.49. The van der Waals surface area contributed by atoms with Crippen LogP contribution in [0.15, 0.2) is 48.5 Å². The van der Waals surface area contributed by atoms with Crippen molar-refractivity contribution < 1.29 is 37.5 Å². The summed E-state index contributed by atoms with van der Waals surface area (Å²) in [5.41, 5.74) is -1.77. The molecule has 3 N–H and O–H groups in total. The molecule has 1 amide bonds. The predicted octanol–water partition coefficient (Wildman–Crippen LogP) is 3.48. The number of alkyl halides is 3. The van der Waals surface area contributed by atoms with Crippen molar-refractivity contribution in [3.8, 4) is 0 Å². The number of hydrogen-bond donors (Lipinski definition) is 2. The number of amides is 1. The lowest BCUT2D eigenvalue weighted by atomic mass is 9.54. The SMILES string of the molecule is CC1(C)CC(=O)C(C(=O)O)(c2ccc(C(N)=O)cc2C(F)(F)F)C(=O)C1c1ccccc1. The number of primary amides is 1. The van der Waals surface area contributed by atoms with Gasteiger partial charge in [-0.1, -0.05) is 50.2 Å². The van der Waals surface area contributed by atoms with Gasteiger partial charge in [0, 0.05) is 12.0 Å². The molecule has 1 aliphatic carbocycles. The molecule has 1 fully saturated rings. The Bertz CT molecular complexity index is 1120. The lowest BCUT2D eigenvalue weighted by Crippen LogP contribution is -2.60. The van der Waals surface area contributed by atoms with Crippen molar-refractivity contribution in [1.29, 1.82) is 0 Å². The van der Waals surface area contributed by atoms with Gasteiger partial charge in [0.05, 0.1) is 11.5 Å². The van der Waals surface area contributed by atoms with Crippen molar-refractivity contribution >= 4 is 23.4 Å². The van der Waals surface area contributed by atoms with Crippen LogP contribution < -0.4 is 5.73 Å². The second-order valence-corrected chi connectivity index (χ2v) is 8.47. The van der Waals surface area contributed by atoms with Gasteiger partial charge in [0.1, 0.15) is 0 Å².